The van der Waals surface area contributed by atoms with Crippen LogP contribution in [0.4, 0.5) is 5.82 Å². The summed E-state index contributed by atoms with van der Waals surface area (Å²) in [7, 11) is 8.56. The maximum Gasteiger partial charge on any atom is 0.258 e. The molecule has 0 bridgehead atoms. The largest absolute Gasteiger partial charge is 0.493 e. The third kappa shape index (κ3) is 5.04. The van der Waals surface area contributed by atoms with Crippen molar-refractivity contribution in [3.63, 3.8) is 0 Å². The summed E-state index contributed by atoms with van der Waals surface area (Å²) in [6, 6.07) is 11.7. The van der Waals surface area contributed by atoms with E-state index in [1.54, 1.807) is 19.2 Å². The van der Waals surface area contributed by atoms with Gasteiger partial charge in [-0.1, -0.05) is 18.2 Å². The number of carbonyl (C=O) groups excluding carboxylic acids is 1. The molecule has 0 N–H and O–H groups in total. The molecule has 0 unspecified atom stereocenters. The van der Waals surface area contributed by atoms with E-state index in [1.165, 1.54) is 14.2 Å². The first-order chi connectivity index (χ1) is 17.4. The van der Waals surface area contributed by atoms with Gasteiger partial charge in [-0.05, 0) is 43.5 Å². The van der Waals surface area contributed by atoms with E-state index in [1.807, 2.05) is 30.0 Å². The Morgan fingerprint density at radius 1 is 1.08 bits per heavy atom. The van der Waals surface area contributed by atoms with Gasteiger partial charge in [0.2, 0.25) is 5.75 Å². The first-order valence-corrected chi connectivity index (χ1v) is 12.1. The lowest BCUT2D eigenvalue weighted by Gasteiger charge is -2.28. The second-order valence-corrected chi connectivity index (χ2v) is 9.21. The summed E-state index contributed by atoms with van der Waals surface area (Å²) in [4.78, 5) is 22.8. The number of para-hydroxylation sites is 1. The highest BCUT2D eigenvalue weighted by atomic mass is 16.5. The molecule has 192 valence electrons. The van der Waals surface area contributed by atoms with Gasteiger partial charge in [-0.2, -0.15) is 0 Å². The number of aryl methyl sites for hydroxylation is 1. The summed E-state index contributed by atoms with van der Waals surface area (Å²) in [5, 5.41) is 1.05. The number of hydrogen-bond donors (Lipinski definition) is 0. The van der Waals surface area contributed by atoms with Crippen LogP contribution in [0.3, 0.4) is 0 Å². The molecule has 0 aliphatic carbocycles. The minimum Gasteiger partial charge on any atom is -0.493 e. The number of benzene rings is 2. The smallest absolute Gasteiger partial charge is 0.258 e. The fourth-order valence-electron chi connectivity index (χ4n) is 4.78. The summed E-state index contributed by atoms with van der Waals surface area (Å²) in [6.07, 6.45) is 1.90. The minimum absolute atomic E-state index is 0.0152. The Morgan fingerprint density at radius 3 is 2.50 bits per heavy atom. The minimum atomic E-state index is -0.169. The molecule has 1 amide bonds. The Bertz CT molecular complexity index is 1240. The fourth-order valence-corrected chi connectivity index (χ4v) is 4.78. The first kappa shape index (κ1) is 25.6. The number of methoxy groups -OCH3 is 3. The summed E-state index contributed by atoms with van der Waals surface area (Å²) in [5.41, 5.74) is 3.45. The number of fused-ring (bicyclic) bond motifs is 1. The van der Waals surface area contributed by atoms with E-state index in [0.29, 0.717) is 42.5 Å². The van der Waals surface area contributed by atoms with Crippen molar-refractivity contribution in [2.75, 3.05) is 53.5 Å². The van der Waals surface area contributed by atoms with Crippen LogP contribution in [0.1, 0.15) is 34.3 Å². The highest BCUT2D eigenvalue weighted by Crippen LogP contribution is 2.40. The highest BCUT2D eigenvalue weighted by molar-refractivity contribution is 5.98. The topological polar surface area (TPSA) is 73.4 Å². The van der Waals surface area contributed by atoms with Crippen LogP contribution in [0.5, 0.6) is 17.2 Å². The molecule has 2 heterocycles. The van der Waals surface area contributed by atoms with E-state index in [9.17, 15) is 4.79 Å². The van der Waals surface area contributed by atoms with E-state index in [2.05, 4.69) is 25.1 Å². The predicted molar refractivity (Wildman–Crippen MR) is 141 cm³/mol. The van der Waals surface area contributed by atoms with Crippen LogP contribution < -0.4 is 19.1 Å². The van der Waals surface area contributed by atoms with Crippen molar-refractivity contribution in [3.05, 3.63) is 53.1 Å². The van der Waals surface area contributed by atoms with Gasteiger partial charge in [-0.25, -0.2) is 4.98 Å². The van der Waals surface area contributed by atoms with Crippen LogP contribution in [0, 0.1) is 6.92 Å². The van der Waals surface area contributed by atoms with E-state index in [0.717, 1.165) is 40.7 Å². The van der Waals surface area contributed by atoms with Gasteiger partial charge in [0.25, 0.3) is 5.91 Å². The molecular weight excluding hydrogens is 458 g/mol. The van der Waals surface area contributed by atoms with E-state index in [-0.39, 0.29) is 12.0 Å². The molecule has 0 radical (unpaired) electrons. The molecule has 1 saturated heterocycles. The van der Waals surface area contributed by atoms with Crippen LogP contribution in [0.2, 0.25) is 0 Å². The molecule has 1 aliphatic rings. The fraction of sp³-hybridized carbons (Fsp3) is 0.429. The zero-order chi connectivity index (χ0) is 25.8. The van der Waals surface area contributed by atoms with Gasteiger partial charge in [0.1, 0.15) is 5.82 Å². The third-order valence-corrected chi connectivity index (χ3v) is 6.56. The third-order valence-electron chi connectivity index (χ3n) is 6.56. The van der Waals surface area contributed by atoms with E-state index >= 15 is 0 Å². The number of aromatic nitrogens is 1. The second kappa shape index (κ2) is 11.0. The molecule has 1 aromatic heterocycles. The number of hydrogen-bond acceptors (Lipinski definition) is 7. The number of amides is 1. The first-order valence-electron chi connectivity index (χ1n) is 12.1. The van der Waals surface area contributed by atoms with Gasteiger partial charge < -0.3 is 28.7 Å². The summed E-state index contributed by atoms with van der Waals surface area (Å²) in [6.45, 7) is 3.62. The average molecular weight is 494 g/mol. The molecular formula is C28H35N3O5. The van der Waals surface area contributed by atoms with Crippen molar-refractivity contribution in [1.82, 2.24) is 9.88 Å². The van der Waals surface area contributed by atoms with E-state index in [4.69, 9.17) is 23.9 Å². The Kier molecular flexibility index (Phi) is 7.84. The predicted octanol–water partition coefficient (Wildman–Crippen LogP) is 4.46. The number of ether oxygens (including phenoxy) is 4. The van der Waals surface area contributed by atoms with Crippen molar-refractivity contribution in [2.24, 2.45) is 0 Å². The normalized spacial score (nSPS) is 15.1. The van der Waals surface area contributed by atoms with Gasteiger partial charge >= 0.3 is 0 Å². The van der Waals surface area contributed by atoms with Gasteiger partial charge in [0.15, 0.2) is 11.5 Å². The monoisotopic (exact) mass is 493 g/mol. The maximum absolute atomic E-state index is 14.0. The SMILES string of the molecule is COc1ccc(C(=O)N(Cc2cc3cccc(C)c3nc2N(C)C)C[C@@H]2CCCO2)c(OC)c1OC. The number of anilines is 1. The average Bonchev–Trinajstić information content (AvgIpc) is 3.39. The molecule has 1 atom stereocenters. The number of nitrogens with zero attached hydrogens (tertiary/aromatic N) is 3. The molecule has 0 spiro atoms. The Balaban J connectivity index is 1.78. The van der Waals surface area contributed by atoms with Crippen LogP contribution in [-0.4, -0.2) is 70.5 Å². The second-order valence-electron chi connectivity index (χ2n) is 9.21. The van der Waals surface area contributed by atoms with Crippen molar-refractivity contribution in [1.29, 1.82) is 0 Å². The van der Waals surface area contributed by atoms with Gasteiger partial charge in [0.05, 0.1) is 38.5 Å². The lowest BCUT2D eigenvalue weighted by atomic mass is 10.1. The Hall–Kier alpha value is -3.52. The number of carbonyl (C=O) groups is 1. The Labute approximate surface area is 212 Å². The molecule has 4 rings (SSSR count). The van der Waals surface area contributed by atoms with E-state index < -0.39 is 0 Å². The zero-order valence-electron chi connectivity index (χ0n) is 22.0. The van der Waals surface area contributed by atoms with Crippen molar-refractivity contribution < 1.29 is 23.7 Å². The van der Waals surface area contributed by atoms with Crippen LogP contribution >= 0.6 is 0 Å². The van der Waals surface area contributed by atoms with Crippen LogP contribution in [-0.2, 0) is 11.3 Å². The molecule has 2 aromatic carbocycles. The number of rotatable bonds is 9. The number of pyridine rings is 1. The summed E-state index contributed by atoms with van der Waals surface area (Å²) in [5.74, 6) is 1.90. The zero-order valence-corrected chi connectivity index (χ0v) is 22.0. The molecule has 8 nitrogen and oxygen atoms in total. The lowest BCUT2D eigenvalue weighted by molar-refractivity contribution is 0.0504. The lowest BCUT2D eigenvalue weighted by Crippen LogP contribution is -2.37. The highest BCUT2D eigenvalue weighted by Gasteiger charge is 2.29. The quantitative estimate of drug-likeness (QED) is 0.436. The Morgan fingerprint density at radius 2 is 1.86 bits per heavy atom. The standard InChI is InChI=1S/C28H35N3O5/c1-18-9-7-10-19-15-20(27(30(2)3)29-24(18)19)16-31(17-21-11-8-14-36-21)28(32)22-12-13-23(33-4)26(35-6)25(22)34-5/h7,9-10,12-13,15,21H,8,11,14,16-17H2,1-6H3/t21-/m0/s1. The van der Waals surface area contributed by atoms with Crippen LogP contribution in [0.25, 0.3) is 10.9 Å². The summed E-state index contributed by atoms with van der Waals surface area (Å²) >= 11 is 0. The van der Waals surface area contributed by atoms with Crippen molar-refractivity contribution in [2.45, 2.75) is 32.4 Å². The van der Waals surface area contributed by atoms with Crippen LogP contribution in [0.15, 0.2) is 36.4 Å². The molecule has 1 fully saturated rings. The molecule has 8 heteroatoms. The molecule has 0 saturated carbocycles. The van der Waals surface area contributed by atoms with Gasteiger partial charge in [-0.3, -0.25) is 4.79 Å². The molecule has 36 heavy (non-hydrogen) atoms. The molecule has 3 aromatic rings. The van der Waals surface area contributed by atoms with Crippen molar-refractivity contribution >= 4 is 22.6 Å². The molecule has 1 aliphatic heterocycles. The van der Waals surface area contributed by atoms with Crippen molar-refractivity contribution in [3.8, 4) is 17.2 Å². The summed E-state index contributed by atoms with van der Waals surface area (Å²) < 4.78 is 22.5. The maximum atomic E-state index is 14.0. The van der Waals surface area contributed by atoms with Gasteiger partial charge in [0, 0.05) is 44.7 Å². The van der Waals surface area contributed by atoms with Gasteiger partial charge in [-0.15, -0.1) is 0 Å².